The molecule has 2 aromatic rings. The highest BCUT2D eigenvalue weighted by molar-refractivity contribution is 6.42. The van der Waals surface area contributed by atoms with E-state index in [1.807, 2.05) is 0 Å². The molecule has 2 amide bonds. The monoisotopic (exact) mass is 498 g/mol. The van der Waals surface area contributed by atoms with Crippen LogP contribution in [0.1, 0.15) is 22.3 Å². The van der Waals surface area contributed by atoms with Crippen molar-refractivity contribution < 1.29 is 24.5 Å². The van der Waals surface area contributed by atoms with E-state index in [1.54, 1.807) is 25.2 Å². The number of rotatable bonds is 9. The Kier molecular flexibility index (Phi) is 8.85. The Hall–Kier alpha value is -2.46. The first-order valence-corrected chi connectivity index (χ1v) is 11.4. The number of benzene rings is 1. The van der Waals surface area contributed by atoms with Gasteiger partial charge in [-0.15, -0.1) is 0 Å². The average molecular weight is 499 g/mol. The van der Waals surface area contributed by atoms with Crippen LogP contribution in [0.4, 0.5) is 0 Å². The van der Waals surface area contributed by atoms with E-state index < -0.39 is 17.5 Å². The van der Waals surface area contributed by atoms with E-state index in [9.17, 15) is 19.8 Å². The predicted octanol–water partition coefficient (Wildman–Crippen LogP) is 2.32. The van der Waals surface area contributed by atoms with Gasteiger partial charge in [-0.3, -0.25) is 14.5 Å². The smallest absolute Gasteiger partial charge is 0.259 e. The van der Waals surface area contributed by atoms with Crippen molar-refractivity contribution in [3.8, 4) is 11.6 Å². The Morgan fingerprint density at radius 2 is 1.88 bits per heavy atom. The highest BCUT2D eigenvalue weighted by atomic mass is 35.5. The summed E-state index contributed by atoms with van der Waals surface area (Å²) in [5.74, 6) is -1.50. The molecule has 1 aliphatic heterocycles. The van der Waals surface area contributed by atoms with Crippen LogP contribution in [0.25, 0.3) is 0 Å². The molecule has 0 atom stereocenters. The van der Waals surface area contributed by atoms with Crippen LogP contribution >= 0.6 is 23.2 Å². The molecule has 1 saturated heterocycles. The molecule has 0 aliphatic carbocycles. The number of carbonyl (C=O) groups excluding carboxylic acids is 2. The van der Waals surface area contributed by atoms with Gasteiger partial charge in [0.2, 0.25) is 11.8 Å². The van der Waals surface area contributed by atoms with E-state index in [0.29, 0.717) is 36.2 Å². The lowest BCUT2D eigenvalue weighted by molar-refractivity contribution is -0.121. The Morgan fingerprint density at radius 3 is 2.58 bits per heavy atom. The van der Waals surface area contributed by atoms with Crippen molar-refractivity contribution in [3.63, 3.8) is 0 Å². The van der Waals surface area contributed by atoms with Crippen molar-refractivity contribution >= 4 is 35.0 Å². The Balaban J connectivity index is 1.51. The number of nitrogens with one attached hydrogen (secondary N) is 1. The van der Waals surface area contributed by atoms with Crippen LogP contribution in [0.15, 0.2) is 24.4 Å². The molecule has 0 saturated carbocycles. The molecule has 1 fully saturated rings. The molecule has 3 rings (SSSR count). The fourth-order valence-corrected chi connectivity index (χ4v) is 3.86. The van der Waals surface area contributed by atoms with E-state index in [2.05, 4.69) is 10.2 Å². The summed E-state index contributed by atoms with van der Waals surface area (Å²) in [6.07, 6.45) is 1.74. The van der Waals surface area contributed by atoms with Gasteiger partial charge in [-0.25, -0.2) is 0 Å². The topological polar surface area (TPSA) is 107 Å². The highest BCUT2D eigenvalue weighted by Crippen LogP contribution is 2.32. The molecule has 33 heavy (non-hydrogen) atoms. The largest absolute Gasteiger partial charge is 0.503 e. The maximum Gasteiger partial charge on any atom is 0.259 e. The Labute approximate surface area is 202 Å². The van der Waals surface area contributed by atoms with Gasteiger partial charge < -0.3 is 29.7 Å². The number of halogens is 2. The third-order valence-electron chi connectivity index (χ3n) is 5.44. The lowest BCUT2D eigenvalue weighted by Crippen LogP contribution is -2.39. The van der Waals surface area contributed by atoms with Crippen LogP contribution in [-0.4, -0.2) is 82.8 Å². The van der Waals surface area contributed by atoms with Crippen molar-refractivity contribution in [1.82, 2.24) is 19.7 Å². The number of ether oxygens (including phenoxy) is 1. The molecule has 1 aromatic heterocycles. The minimum absolute atomic E-state index is 0.0336. The minimum atomic E-state index is -0.500. The number of aromatic hydroxyl groups is 2. The number of hydrogen-bond acceptors (Lipinski definition) is 6. The number of amides is 2. The van der Waals surface area contributed by atoms with Crippen LogP contribution < -0.4 is 5.32 Å². The summed E-state index contributed by atoms with van der Waals surface area (Å²) in [6.45, 7) is 4.35. The molecule has 3 N–H and O–H groups in total. The van der Waals surface area contributed by atoms with Crippen LogP contribution in [0, 0.1) is 0 Å². The van der Waals surface area contributed by atoms with Gasteiger partial charge in [0, 0.05) is 58.9 Å². The van der Waals surface area contributed by atoms with E-state index in [1.165, 1.54) is 15.7 Å². The summed E-state index contributed by atoms with van der Waals surface area (Å²) in [5.41, 5.74) is 0.733. The summed E-state index contributed by atoms with van der Waals surface area (Å²) < 4.78 is 6.62. The van der Waals surface area contributed by atoms with Gasteiger partial charge in [0.15, 0.2) is 5.75 Å². The first-order valence-electron chi connectivity index (χ1n) is 10.6. The van der Waals surface area contributed by atoms with Gasteiger partial charge in [-0.05, 0) is 17.7 Å². The first-order chi connectivity index (χ1) is 15.8. The zero-order valence-corrected chi connectivity index (χ0v) is 19.9. The van der Waals surface area contributed by atoms with Gasteiger partial charge in [-0.2, -0.15) is 0 Å². The lowest BCUT2D eigenvalue weighted by Gasteiger charge is -2.26. The number of morpholine rings is 1. The summed E-state index contributed by atoms with van der Waals surface area (Å²) in [6, 6.07) is 5.06. The maximum atomic E-state index is 12.8. The third kappa shape index (κ3) is 6.77. The normalized spacial score (nSPS) is 14.3. The molecule has 0 radical (unpaired) electrons. The lowest BCUT2D eigenvalue weighted by atomic mass is 10.2. The fraction of sp³-hybridized carbons (Fsp3) is 0.455. The Morgan fingerprint density at radius 1 is 1.15 bits per heavy atom. The van der Waals surface area contributed by atoms with E-state index in [-0.39, 0.29) is 31.1 Å². The molecule has 180 valence electrons. The predicted molar refractivity (Wildman–Crippen MR) is 125 cm³/mol. The van der Waals surface area contributed by atoms with Crippen LogP contribution in [0.5, 0.6) is 11.6 Å². The molecule has 2 heterocycles. The van der Waals surface area contributed by atoms with Crippen molar-refractivity contribution in [2.45, 2.75) is 19.5 Å². The molecule has 0 spiro atoms. The molecule has 0 bridgehead atoms. The van der Waals surface area contributed by atoms with Gasteiger partial charge in [-0.1, -0.05) is 29.3 Å². The van der Waals surface area contributed by atoms with E-state index >= 15 is 0 Å². The summed E-state index contributed by atoms with van der Waals surface area (Å²) in [7, 11) is 1.58. The zero-order chi connectivity index (χ0) is 24.0. The second kappa shape index (κ2) is 11.6. The maximum absolute atomic E-state index is 12.8. The number of carbonyl (C=O) groups is 2. The molecule has 9 nitrogen and oxygen atoms in total. The first kappa shape index (κ1) is 25.2. The fourth-order valence-electron chi connectivity index (χ4n) is 3.54. The molecular formula is C22H28Cl2N4O5. The molecular weight excluding hydrogens is 471 g/mol. The summed E-state index contributed by atoms with van der Waals surface area (Å²) >= 11 is 11.9. The average Bonchev–Trinajstić information content (AvgIpc) is 3.09. The third-order valence-corrected chi connectivity index (χ3v) is 6.18. The Bertz CT molecular complexity index is 991. The molecule has 11 heteroatoms. The molecule has 0 unspecified atom stereocenters. The number of nitrogens with zero attached hydrogens (tertiary/aromatic N) is 3. The quantitative estimate of drug-likeness (QED) is 0.489. The van der Waals surface area contributed by atoms with Crippen molar-refractivity contribution in [1.29, 1.82) is 0 Å². The molecule has 1 aromatic carbocycles. The minimum Gasteiger partial charge on any atom is -0.503 e. The highest BCUT2D eigenvalue weighted by Gasteiger charge is 2.23. The second-order valence-electron chi connectivity index (χ2n) is 7.87. The van der Waals surface area contributed by atoms with Gasteiger partial charge >= 0.3 is 0 Å². The van der Waals surface area contributed by atoms with Crippen LogP contribution in [-0.2, 0) is 22.6 Å². The van der Waals surface area contributed by atoms with Crippen LogP contribution in [0.3, 0.4) is 0 Å². The van der Waals surface area contributed by atoms with Crippen molar-refractivity contribution in [2.75, 3.05) is 46.4 Å². The van der Waals surface area contributed by atoms with Crippen molar-refractivity contribution in [2.24, 2.45) is 0 Å². The van der Waals surface area contributed by atoms with Gasteiger partial charge in [0.05, 0.1) is 23.3 Å². The molecule has 1 aliphatic rings. The van der Waals surface area contributed by atoms with Crippen LogP contribution in [0.2, 0.25) is 10.0 Å². The summed E-state index contributed by atoms with van der Waals surface area (Å²) in [5, 5.41) is 24.1. The number of hydrogen-bond donors (Lipinski definition) is 3. The summed E-state index contributed by atoms with van der Waals surface area (Å²) in [4.78, 5) is 28.5. The van der Waals surface area contributed by atoms with Gasteiger partial charge in [0.1, 0.15) is 5.56 Å². The number of aromatic nitrogens is 1. The standard InChI is InChI=1S/C22H28Cl2N4O5/c1-26(13-15-2-3-17(23)18(24)12-15)21(31)16-14-28(22(32)20(16)30)7-5-25-19(29)4-6-27-8-10-33-11-9-27/h2-3,12,14,30,32H,4-11,13H2,1H3,(H,25,29). The van der Waals surface area contributed by atoms with Crippen molar-refractivity contribution in [3.05, 3.63) is 45.6 Å². The van der Waals surface area contributed by atoms with Gasteiger partial charge in [0.25, 0.3) is 5.91 Å². The van der Waals surface area contributed by atoms with E-state index in [0.717, 1.165) is 18.7 Å². The van der Waals surface area contributed by atoms with E-state index in [4.69, 9.17) is 27.9 Å². The SMILES string of the molecule is CN(Cc1ccc(Cl)c(Cl)c1)C(=O)c1cn(CCNC(=O)CCN2CCOCC2)c(O)c1O. The zero-order valence-electron chi connectivity index (χ0n) is 18.4. The second-order valence-corrected chi connectivity index (χ2v) is 8.69.